The van der Waals surface area contributed by atoms with Gasteiger partial charge in [-0.1, -0.05) is 60.2 Å². The maximum Gasteiger partial charge on any atom is 0.0568 e. The van der Waals surface area contributed by atoms with Gasteiger partial charge in [-0.2, -0.15) is 0 Å². The van der Waals surface area contributed by atoms with Crippen molar-refractivity contribution in [1.29, 1.82) is 0 Å². The van der Waals surface area contributed by atoms with Crippen molar-refractivity contribution in [2.75, 3.05) is 5.32 Å². The highest BCUT2D eigenvalue weighted by Gasteiger charge is 2.38. The van der Waals surface area contributed by atoms with Gasteiger partial charge in [0, 0.05) is 16.6 Å². The number of anilines is 1. The molecular formula is C19H18ClN. The zero-order valence-corrected chi connectivity index (χ0v) is 12.8. The summed E-state index contributed by atoms with van der Waals surface area (Å²) < 4.78 is 0. The third-order valence-electron chi connectivity index (χ3n) is 4.85. The molecule has 0 saturated heterocycles. The summed E-state index contributed by atoms with van der Waals surface area (Å²) in [6, 6.07) is 15.1. The number of nitrogens with one attached hydrogen (secondary N) is 1. The first-order chi connectivity index (χ1) is 10.3. The second-order valence-corrected chi connectivity index (χ2v) is 6.44. The molecule has 0 amide bonds. The van der Waals surface area contributed by atoms with Gasteiger partial charge in [0.2, 0.25) is 0 Å². The summed E-state index contributed by atoms with van der Waals surface area (Å²) >= 11 is 6.45. The van der Waals surface area contributed by atoms with E-state index >= 15 is 0 Å². The average Bonchev–Trinajstić information content (AvgIpc) is 2.97. The first kappa shape index (κ1) is 13.0. The van der Waals surface area contributed by atoms with E-state index < -0.39 is 0 Å². The molecule has 2 aromatic carbocycles. The standard InChI is InChI=1S/C19H18ClN/c1-12-6-4-9-14-13-8-5-10-15(13)19(21-18(12)14)16-7-2-3-11-17(16)20/h2-9,11,13,15,19,21H,10H2,1H3/t13-,15+,19-/m0/s1. The monoisotopic (exact) mass is 295 g/mol. The normalized spacial score (nSPS) is 26.1. The smallest absolute Gasteiger partial charge is 0.0568 e. The number of rotatable bonds is 1. The van der Waals surface area contributed by atoms with Gasteiger partial charge in [0.05, 0.1) is 6.04 Å². The Bertz CT molecular complexity index is 719. The van der Waals surface area contributed by atoms with E-state index in [0.29, 0.717) is 11.8 Å². The number of hydrogen-bond donors (Lipinski definition) is 1. The highest BCUT2D eigenvalue weighted by Crippen LogP contribution is 2.51. The van der Waals surface area contributed by atoms with Gasteiger partial charge < -0.3 is 5.32 Å². The third-order valence-corrected chi connectivity index (χ3v) is 5.19. The SMILES string of the molecule is Cc1cccc2c1N[C@H](c1ccccc1Cl)[C@@H]1CC=C[C@@H]21. The Morgan fingerprint density at radius 1 is 1.05 bits per heavy atom. The minimum absolute atomic E-state index is 0.285. The van der Waals surface area contributed by atoms with Gasteiger partial charge >= 0.3 is 0 Å². The number of benzene rings is 2. The molecule has 3 atom stereocenters. The minimum atomic E-state index is 0.285. The van der Waals surface area contributed by atoms with Crippen LogP contribution in [-0.4, -0.2) is 0 Å². The van der Waals surface area contributed by atoms with Gasteiger partial charge in [-0.25, -0.2) is 0 Å². The van der Waals surface area contributed by atoms with Crippen molar-refractivity contribution in [3.05, 3.63) is 76.3 Å². The predicted octanol–water partition coefficient (Wildman–Crippen LogP) is 5.47. The molecule has 0 bridgehead atoms. The van der Waals surface area contributed by atoms with Gasteiger partial charge in [0.1, 0.15) is 0 Å². The molecular weight excluding hydrogens is 278 g/mol. The van der Waals surface area contributed by atoms with Gasteiger partial charge in [-0.15, -0.1) is 0 Å². The van der Waals surface area contributed by atoms with E-state index in [0.717, 1.165) is 11.4 Å². The first-order valence-corrected chi connectivity index (χ1v) is 7.90. The molecule has 0 unspecified atom stereocenters. The summed E-state index contributed by atoms with van der Waals surface area (Å²) in [4.78, 5) is 0. The van der Waals surface area contributed by atoms with Crippen LogP contribution >= 0.6 is 11.6 Å². The van der Waals surface area contributed by atoms with E-state index in [4.69, 9.17) is 11.6 Å². The minimum Gasteiger partial charge on any atom is -0.377 e. The fourth-order valence-electron chi connectivity index (χ4n) is 3.81. The summed E-state index contributed by atoms with van der Waals surface area (Å²) in [5, 5.41) is 4.63. The lowest BCUT2D eigenvalue weighted by atomic mass is 9.76. The van der Waals surface area contributed by atoms with Gasteiger partial charge in [-0.05, 0) is 42.0 Å². The summed E-state index contributed by atoms with van der Waals surface area (Å²) in [5.74, 6) is 1.06. The lowest BCUT2D eigenvalue weighted by Crippen LogP contribution is -2.29. The molecule has 0 radical (unpaired) electrons. The number of halogens is 1. The Kier molecular flexibility index (Phi) is 3.04. The summed E-state index contributed by atoms with van der Waals surface area (Å²) in [5.41, 5.74) is 5.24. The highest BCUT2D eigenvalue weighted by atomic mass is 35.5. The van der Waals surface area contributed by atoms with Crippen LogP contribution in [0.3, 0.4) is 0 Å². The Hall–Kier alpha value is -1.73. The molecule has 2 aromatic rings. The maximum absolute atomic E-state index is 6.45. The molecule has 1 N–H and O–H groups in total. The molecule has 4 rings (SSSR count). The van der Waals surface area contributed by atoms with Crippen molar-refractivity contribution < 1.29 is 0 Å². The van der Waals surface area contributed by atoms with Crippen molar-refractivity contribution in [3.63, 3.8) is 0 Å². The number of fused-ring (bicyclic) bond motifs is 3. The Balaban J connectivity index is 1.85. The molecule has 106 valence electrons. The Morgan fingerprint density at radius 3 is 2.71 bits per heavy atom. The van der Waals surface area contributed by atoms with E-state index in [1.165, 1.54) is 22.4 Å². The molecule has 0 fully saturated rings. The fourth-order valence-corrected chi connectivity index (χ4v) is 4.07. The molecule has 1 heterocycles. The Labute approximate surface area is 130 Å². The van der Waals surface area contributed by atoms with Crippen molar-refractivity contribution in [1.82, 2.24) is 0 Å². The number of aryl methyl sites for hydroxylation is 1. The van der Waals surface area contributed by atoms with Crippen molar-refractivity contribution in [3.8, 4) is 0 Å². The average molecular weight is 296 g/mol. The quantitative estimate of drug-likeness (QED) is 0.687. The van der Waals surface area contributed by atoms with E-state index in [1.807, 2.05) is 12.1 Å². The van der Waals surface area contributed by atoms with Crippen molar-refractivity contribution in [2.45, 2.75) is 25.3 Å². The van der Waals surface area contributed by atoms with E-state index in [9.17, 15) is 0 Å². The molecule has 21 heavy (non-hydrogen) atoms. The van der Waals surface area contributed by atoms with E-state index in [1.54, 1.807) is 0 Å². The topological polar surface area (TPSA) is 12.0 Å². The van der Waals surface area contributed by atoms with Crippen molar-refractivity contribution in [2.24, 2.45) is 5.92 Å². The zero-order valence-electron chi connectivity index (χ0n) is 12.0. The lowest BCUT2D eigenvalue weighted by Gasteiger charge is -2.38. The zero-order chi connectivity index (χ0) is 14.4. The van der Waals surface area contributed by atoms with Crippen LogP contribution in [0.1, 0.15) is 35.1 Å². The van der Waals surface area contributed by atoms with Crippen molar-refractivity contribution >= 4 is 17.3 Å². The summed E-state index contributed by atoms with van der Waals surface area (Å²) in [6.07, 6.45) is 5.80. The van der Waals surface area contributed by atoms with Gasteiger partial charge in [0.15, 0.2) is 0 Å². The molecule has 2 heteroatoms. The molecule has 1 aliphatic carbocycles. The van der Waals surface area contributed by atoms with Crippen LogP contribution < -0.4 is 5.32 Å². The van der Waals surface area contributed by atoms with Crippen LogP contribution in [0.25, 0.3) is 0 Å². The predicted molar refractivity (Wildman–Crippen MR) is 89.0 cm³/mol. The first-order valence-electron chi connectivity index (χ1n) is 7.53. The van der Waals surface area contributed by atoms with Crippen LogP contribution in [0.5, 0.6) is 0 Å². The number of hydrogen-bond acceptors (Lipinski definition) is 1. The summed E-state index contributed by atoms with van der Waals surface area (Å²) in [7, 11) is 0. The van der Waals surface area contributed by atoms with Crippen LogP contribution in [0.2, 0.25) is 5.02 Å². The molecule has 0 spiro atoms. The molecule has 1 nitrogen and oxygen atoms in total. The molecule has 0 saturated carbocycles. The highest BCUT2D eigenvalue weighted by molar-refractivity contribution is 6.31. The fraction of sp³-hybridized carbons (Fsp3) is 0.263. The van der Waals surface area contributed by atoms with Gasteiger partial charge in [-0.3, -0.25) is 0 Å². The largest absolute Gasteiger partial charge is 0.377 e. The van der Waals surface area contributed by atoms with Crippen LogP contribution in [0.15, 0.2) is 54.6 Å². The van der Waals surface area contributed by atoms with E-state index in [-0.39, 0.29) is 6.04 Å². The number of para-hydroxylation sites is 1. The van der Waals surface area contributed by atoms with Crippen LogP contribution in [-0.2, 0) is 0 Å². The maximum atomic E-state index is 6.45. The molecule has 0 aromatic heterocycles. The van der Waals surface area contributed by atoms with Gasteiger partial charge in [0.25, 0.3) is 0 Å². The second-order valence-electron chi connectivity index (χ2n) is 6.04. The van der Waals surface area contributed by atoms with E-state index in [2.05, 4.69) is 54.7 Å². The molecule has 2 aliphatic rings. The van der Waals surface area contributed by atoms with Crippen LogP contribution in [0, 0.1) is 12.8 Å². The summed E-state index contributed by atoms with van der Waals surface area (Å²) in [6.45, 7) is 2.18. The number of allylic oxidation sites excluding steroid dienone is 2. The second kappa shape index (κ2) is 4.92. The molecule has 1 aliphatic heterocycles. The lowest BCUT2D eigenvalue weighted by molar-refractivity contribution is 0.425. The van der Waals surface area contributed by atoms with Crippen LogP contribution in [0.4, 0.5) is 5.69 Å². The Morgan fingerprint density at radius 2 is 1.86 bits per heavy atom. The third kappa shape index (κ3) is 1.99.